The summed E-state index contributed by atoms with van der Waals surface area (Å²) < 4.78 is 17.0. The standard InChI is InChI=1S/C22H22Cl3N3O3/c1-13-4-14(6-15(23)5-13)2-3-18-10-30-21(26-18)28-22-27-19(12-31-22)11-29-20-8-16(24)7-17(25)9-20/h4-9,18-19H,2-3,10-12H2,1H3,(H,26,27,28). The van der Waals surface area contributed by atoms with Crippen LogP contribution in [0.2, 0.25) is 15.1 Å². The van der Waals surface area contributed by atoms with Gasteiger partial charge in [-0.25, -0.2) is 9.98 Å². The number of nitrogens with one attached hydrogen (secondary N) is 1. The minimum atomic E-state index is -0.149. The smallest absolute Gasteiger partial charge is 0.293 e. The van der Waals surface area contributed by atoms with Crippen LogP contribution in [0, 0.1) is 6.92 Å². The van der Waals surface area contributed by atoms with Crippen LogP contribution in [0.5, 0.6) is 5.75 Å². The zero-order valence-electron chi connectivity index (χ0n) is 16.9. The number of aliphatic imine (C=N–C) groups is 2. The van der Waals surface area contributed by atoms with Gasteiger partial charge in [0, 0.05) is 15.1 Å². The lowest BCUT2D eigenvalue weighted by Gasteiger charge is -2.09. The van der Waals surface area contributed by atoms with Crippen LogP contribution in [-0.2, 0) is 15.9 Å². The molecule has 2 atom stereocenters. The van der Waals surface area contributed by atoms with Gasteiger partial charge in [-0.15, -0.1) is 0 Å². The second kappa shape index (κ2) is 9.98. The normalized spacial score (nSPS) is 20.0. The van der Waals surface area contributed by atoms with Gasteiger partial charge in [-0.2, -0.15) is 0 Å². The van der Waals surface area contributed by atoms with Crippen molar-refractivity contribution >= 4 is 46.8 Å². The van der Waals surface area contributed by atoms with E-state index in [1.165, 1.54) is 5.56 Å². The SMILES string of the molecule is Cc1cc(Cl)cc(CCC2COC(NC3=NC(COc4cc(Cl)cc(Cl)c4)CO3)=N2)c1. The lowest BCUT2D eigenvalue weighted by molar-refractivity contribution is 0.239. The molecule has 4 rings (SSSR count). The second-order valence-electron chi connectivity index (χ2n) is 7.51. The van der Waals surface area contributed by atoms with Gasteiger partial charge in [-0.05, 0) is 61.2 Å². The van der Waals surface area contributed by atoms with Gasteiger partial charge in [-0.3, -0.25) is 5.32 Å². The Bertz CT molecular complexity index is 893. The Morgan fingerprint density at radius 1 is 0.903 bits per heavy atom. The molecule has 0 amide bonds. The van der Waals surface area contributed by atoms with Crippen molar-refractivity contribution in [1.82, 2.24) is 5.32 Å². The summed E-state index contributed by atoms with van der Waals surface area (Å²) >= 11 is 18.1. The number of rotatable bonds is 6. The zero-order chi connectivity index (χ0) is 21.8. The van der Waals surface area contributed by atoms with Gasteiger partial charge < -0.3 is 14.2 Å². The molecule has 0 saturated carbocycles. The van der Waals surface area contributed by atoms with Crippen LogP contribution in [-0.4, -0.2) is 43.9 Å². The highest BCUT2D eigenvalue weighted by atomic mass is 35.5. The number of hydrogen-bond acceptors (Lipinski definition) is 6. The molecule has 0 radical (unpaired) electrons. The first-order valence-electron chi connectivity index (χ1n) is 9.96. The molecule has 2 aromatic carbocycles. The average molecular weight is 483 g/mol. The molecule has 0 spiro atoms. The summed E-state index contributed by atoms with van der Waals surface area (Å²) in [4.78, 5) is 9.04. The summed E-state index contributed by atoms with van der Waals surface area (Å²) in [5.74, 6) is 0.593. The van der Waals surface area contributed by atoms with Gasteiger partial charge in [0.15, 0.2) is 0 Å². The van der Waals surface area contributed by atoms with Crippen molar-refractivity contribution in [2.75, 3.05) is 19.8 Å². The van der Waals surface area contributed by atoms with Crippen molar-refractivity contribution in [3.63, 3.8) is 0 Å². The van der Waals surface area contributed by atoms with Crippen molar-refractivity contribution in [2.45, 2.75) is 31.8 Å². The van der Waals surface area contributed by atoms with Crippen molar-refractivity contribution in [1.29, 1.82) is 0 Å². The number of nitrogens with zero attached hydrogens (tertiary/aromatic N) is 2. The van der Waals surface area contributed by atoms with Crippen LogP contribution in [0.4, 0.5) is 0 Å². The predicted octanol–water partition coefficient (Wildman–Crippen LogP) is 5.07. The van der Waals surface area contributed by atoms with E-state index in [1.807, 2.05) is 19.1 Å². The van der Waals surface area contributed by atoms with E-state index in [1.54, 1.807) is 18.2 Å². The van der Waals surface area contributed by atoms with E-state index >= 15 is 0 Å². The number of hydrogen-bond donors (Lipinski definition) is 1. The van der Waals surface area contributed by atoms with E-state index < -0.39 is 0 Å². The third kappa shape index (κ3) is 6.42. The average Bonchev–Trinajstić information content (AvgIpc) is 3.33. The van der Waals surface area contributed by atoms with Crippen LogP contribution in [0.3, 0.4) is 0 Å². The molecule has 0 aromatic heterocycles. The fourth-order valence-electron chi connectivity index (χ4n) is 3.39. The zero-order valence-corrected chi connectivity index (χ0v) is 19.2. The fourth-order valence-corrected chi connectivity index (χ4v) is 4.20. The van der Waals surface area contributed by atoms with Gasteiger partial charge in [-0.1, -0.05) is 40.9 Å². The number of benzene rings is 2. The van der Waals surface area contributed by atoms with Crippen LogP contribution < -0.4 is 10.1 Å². The van der Waals surface area contributed by atoms with Crippen LogP contribution in [0.25, 0.3) is 0 Å². The van der Waals surface area contributed by atoms with Gasteiger partial charge in [0.05, 0.1) is 6.04 Å². The van der Waals surface area contributed by atoms with Crippen molar-refractivity contribution in [3.8, 4) is 5.75 Å². The van der Waals surface area contributed by atoms with Crippen LogP contribution in [0.1, 0.15) is 17.5 Å². The maximum absolute atomic E-state index is 6.14. The minimum absolute atomic E-state index is 0.0792. The van der Waals surface area contributed by atoms with E-state index in [4.69, 9.17) is 49.0 Å². The topological polar surface area (TPSA) is 64.4 Å². The highest BCUT2D eigenvalue weighted by Gasteiger charge is 2.25. The number of aryl methyl sites for hydroxylation is 2. The first-order chi connectivity index (χ1) is 14.9. The molecular formula is C22H22Cl3N3O3. The summed E-state index contributed by atoms with van der Waals surface area (Å²) in [6.45, 7) is 3.31. The molecule has 164 valence electrons. The summed E-state index contributed by atoms with van der Waals surface area (Å²) in [7, 11) is 0. The molecule has 2 unspecified atom stereocenters. The first kappa shape index (κ1) is 22.1. The molecule has 0 bridgehead atoms. The summed E-state index contributed by atoms with van der Waals surface area (Å²) in [5, 5.41) is 4.81. The van der Waals surface area contributed by atoms with Gasteiger partial charge in [0.25, 0.3) is 12.0 Å². The van der Waals surface area contributed by atoms with Crippen molar-refractivity contribution in [2.24, 2.45) is 9.98 Å². The summed E-state index contributed by atoms with van der Waals surface area (Å²) in [6.07, 6.45) is 1.76. The quantitative estimate of drug-likeness (QED) is 0.625. The molecule has 0 aliphatic carbocycles. The third-order valence-corrected chi connectivity index (χ3v) is 5.44. The molecule has 0 saturated heterocycles. The lowest BCUT2D eigenvalue weighted by atomic mass is 10.0. The maximum atomic E-state index is 6.14. The first-order valence-corrected chi connectivity index (χ1v) is 11.1. The van der Waals surface area contributed by atoms with E-state index in [0.717, 1.165) is 23.4 Å². The van der Waals surface area contributed by atoms with Gasteiger partial charge >= 0.3 is 0 Å². The number of ether oxygens (including phenoxy) is 3. The highest BCUT2D eigenvalue weighted by molar-refractivity contribution is 6.34. The Hall–Kier alpha value is -2.15. The Balaban J connectivity index is 1.25. The third-order valence-electron chi connectivity index (χ3n) is 4.78. The molecular weight excluding hydrogens is 461 g/mol. The van der Waals surface area contributed by atoms with Crippen LogP contribution in [0.15, 0.2) is 46.4 Å². The Morgan fingerprint density at radius 3 is 2.26 bits per heavy atom. The van der Waals surface area contributed by atoms with E-state index in [2.05, 4.69) is 21.4 Å². The molecule has 2 heterocycles. The predicted molar refractivity (Wildman–Crippen MR) is 124 cm³/mol. The molecule has 2 aliphatic heterocycles. The second-order valence-corrected chi connectivity index (χ2v) is 8.82. The molecule has 0 fully saturated rings. The Morgan fingerprint density at radius 2 is 1.55 bits per heavy atom. The van der Waals surface area contributed by atoms with E-state index in [0.29, 0.717) is 47.7 Å². The molecule has 31 heavy (non-hydrogen) atoms. The lowest BCUT2D eigenvalue weighted by Crippen LogP contribution is -2.30. The molecule has 1 N–H and O–H groups in total. The Kier molecular flexibility index (Phi) is 7.10. The van der Waals surface area contributed by atoms with E-state index in [9.17, 15) is 0 Å². The monoisotopic (exact) mass is 481 g/mol. The largest absolute Gasteiger partial charge is 0.491 e. The molecule has 9 heteroatoms. The van der Waals surface area contributed by atoms with Gasteiger partial charge in [0.2, 0.25) is 0 Å². The minimum Gasteiger partial charge on any atom is -0.491 e. The van der Waals surface area contributed by atoms with Crippen molar-refractivity contribution < 1.29 is 14.2 Å². The highest BCUT2D eigenvalue weighted by Crippen LogP contribution is 2.24. The molecule has 2 aromatic rings. The molecule has 2 aliphatic rings. The summed E-state index contributed by atoms with van der Waals surface area (Å²) in [6, 6.07) is 11.9. The summed E-state index contributed by atoms with van der Waals surface area (Å²) in [5.41, 5.74) is 2.36. The fraction of sp³-hybridized carbons (Fsp3) is 0.364. The maximum Gasteiger partial charge on any atom is 0.293 e. The van der Waals surface area contributed by atoms with Gasteiger partial charge in [0.1, 0.15) is 31.6 Å². The number of halogens is 3. The molecule has 6 nitrogen and oxygen atoms in total. The van der Waals surface area contributed by atoms with Crippen molar-refractivity contribution in [3.05, 3.63) is 62.6 Å². The number of amidine groups is 2. The van der Waals surface area contributed by atoms with E-state index in [-0.39, 0.29) is 12.1 Å². The Labute approximate surface area is 196 Å². The van der Waals surface area contributed by atoms with Crippen LogP contribution >= 0.6 is 34.8 Å².